The number of ketones is 2. The molecule has 3 aromatic rings. The van der Waals surface area contributed by atoms with Gasteiger partial charge in [-0.25, -0.2) is 9.78 Å². The molecule has 0 spiro atoms. The number of rotatable bonds is 15. The number of anilines is 4. The fourth-order valence-corrected chi connectivity index (χ4v) is 7.22. The number of fused-ring (bicyclic) bond motifs is 1. The van der Waals surface area contributed by atoms with Gasteiger partial charge in [0.25, 0.3) is 0 Å². The van der Waals surface area contributed by atoms with Crippen LogP contribution >= 0.6 is 0 Å². The van der Waals surface area contributed by atoms with Crippen LogP contribution in [-0.4, -0.2) is 86.4 Å². The van der Waals surface area contributed by atoms with E-state index in [1.807, 2.05) is 40.7 Å². The van der Waals surface area contributed by atoms with E-state index in [2.05, 4.69) is 30.9 Å². The summed E-state index contributed by atoms with van der Waals surface area (Å²) in [4.78, 5) is 98.7. The third kappa shape index (κ3) is 9.81. The van der Waals surface area contributed by atoms with Crippen LogP contribution in [0.5, 0.6) is 0 Å². The molecule has 2 aliphatic heterocycles. The first kappa shape index (κ1) is 42.4. The standard InChI is InChI=1S/C42H55N9O6/c1-24(2)18-32(27(6)52)46-39(56)42(7,8)48-37(54)33-13-11-17-50(33)38(55)31(25(3)4)20-35(53)28-15-14-26(5)34(19-28)51-23-29-21-44-40(45-30-12-10-16-43-22-30)47-36(29)49(9)41(51)57/h10,12,14-16,19,21-22,24-25,31-33H,11,13,17-18,20,23H2,1-9H3,(H,46,56)(H,48,54)(H,44,45,47)/t31-,32-,33+/m0/s1. The Morgan fingerprint density at radius 3 is 2.42 bits per heavy atom. The average molecular weight is 782 g/mol. The van der Waals surface area contributed by atoms with E-state index in [1.165, 1.54) is 16.7 Å². The number of benzene rings is 1. The van der Waals surface area contributed by atoms with E-state index >= 15 is 0 Å². The van der Waals surface area contributed by atoms with Crippen molar-refractivity contribution in [1.82, 2.24) is 30.5 Å². The Morgan fingerprint density at radius 1 is 1.04 bits per heavy atom. The molecule has 15 heteroatoms. The van der Waals surface area contributed by atoms with Gasteiger partial charge in [-0.1, -0.05) is 39.8 Å². The number of likely N-dealkylation sites (tertiary alicyclic amines) is 1. The number of urea groups is 1. The number of amides is 5. The summed E-state index contributed by atoms with van der Waals surface area (Å²) >= 11 is 0. The average Bonchev–Trinajstić information content (AvgIpc) is 3.66. The lowest BCUT2D eigenvalue weighted by atomic mass is 9.87. The third-order valence-electron chi connectivity index (χ3n) is 10.6. The normalized spacial score (nSPS) is 16.6. The maximum absolute atomic E-state index is 14.2. The third-order valence-corrected chi connectivity index (χ3v) is 10.6. The molecule has 3 atom stereocenters. The van der Waals surface area contributed by atoms with Crippen LogP contribution in [0.1, 0.15) is 95.6 Å². The number of hydrogen-bond acceptors (Lipinski definition) is 10. The Labute approximate surface area is 334 Å². The Hall–Kier alpha value is -5.73. The second kappa shape index (κ2) is 17.6. The van der Waals surface area contributed by atoms with Crippen molar-refractivity contribution >= 4 is 58.5 Å². The quantitative estimate of drug-likeness (QED) is 0.170. The smallest absolute Gasteiger partial charge is 0.330 e. The monoisotopic (exact) mass is 781 g/mol. The van der Waals surface area contributed by atoms with E-state index in [0.717, 1.165) is 11.1 Å². The van der Waals surface area contributed by atoms with Crippen LogP contribution in [0.2, 0.25) is 0 Å². The zero-order chi connectivity index (χ0) is 41.8. The largest absolute Gasteiger partial charge is 0.344 e. The van der Waals surface area contributed by atoms with Crippen LogP contribution in [0.3, 0.4) is 0 Å². The van der Waals surface area contributed by atoms with E-state index < -0.39 is 35.4 Å². The van der Waals surface area contributed by atoms with Crippen LogP contribution in [0, 0.1) is 24.7 Å². The van der Waals surface area contributed by atoms with E-state index in [0.29, 0.717) is 54.5 Å². The van der Waals surface area contributed by atoms with Crippen LogP contribution in [0.4, 0.5) is 27.9 Å². The predicted molar refractivity (Wildman–Crippen MR) is 217 cm³/mol. The molecule has 304 valence electrons. The molecule has 5 amide bonds. The first-order chi connectivity index (χ1) is 26.9. The minimum atomic E-state index is -1.35. The van der Waals surface area contributed by atoms with Crippen LogP contribution in [-0.2, 0) is 25.7 Å². The Morgan fingerprint density at radius 2 is 1.77 bits per heavy atom. The van der Waals surface area contributed by atoms with Gasteiger partial charge in [-0.15, -0.1) is 0 Å². The Kier molecular flexibility index (Phi) is 13.1. The summed E-state index contributed by atoms with van der Waals surface area (Å²) in [5.74, 6) is -1.69. The lowest BCUT2D eigenvalue weighted by Crippen LogP contribution is -2.61. The zero-order valence-electron chi connectivity index (χ0n) is 34.4. The van der Waals surface area contributed by atoms with E-state index in [4.69, 9.17) is 0 Å². The maximum atomic E-state index is 14.2. The molecular formula is C42H55N9O6. The molecule has 2 aliphatic rings. The van der Waals surface area contributed by atoms with Gasteiger partial charge in [0.05, 0.1) is 24.5 Å². The van der Waals surface area contributed by atoms with Crippen LogP contribution in [0.25, 0.3) is 0 Å². The van der Waals surface area contributed by atoms with Crippen molar-refractivity contribution in [2.45, 2.75) is 105 Å². The Bertz CT molecular complexity index is 2020. The number of carbonyl (C=O) groups is 6. The molecule has 15 nitrogen and oxygen atoms in total. The molecule has 0 unspecified atom stereocenters. The molecule has 57 heavy (non-hydrogen) atoms. The molecule has 0 radical (unpaired) electrons. The summed E-state index contributed by atoms with van der Waals surface area (Å²) in [6, 6.07) is 6.98. The highest BCUT2D eigenvalue weighted by Crippen LogP contribution is 2.34. The molecule has 5 rings (SSSR count). The number of Topliss-reactive ketones (excluding diaryl/α,β-unsaturated/α-hetero) is 2. The Balaban J connectivity index is 1.28. The summed E-state index contributed by atoms with van der Waals surface area (Å²) in [7, 11) is 1.64. The summed E-state index contributed by atoms with van der Waals surface area (Å²) < 4.78 is 0. The van der Waals surface area contributed by atoms with Gasteiger partial charge in [-0.05, 0) is 82.6 Å². The number of aryl methyl sites for hydroxylation is 1. The van der Waals surface area contributed by atoms with Crippen molar-refractivity contribution in [3.63, 3.8) is 0 Å². The van der Waals surface area contributed by atoms with Gasteiger partial charge in [0, 0.05) is 55.1 Å². The topological polar surface area (TPSA) is 187 Å². The molecule has 1 fully saturated rings. The van der Waals surface area contributed by atoms with Gasteiger partial charge in [-0.2, -0.15) is 4.98 Å². The summed E-state index contributed by atoms with van der Waals surface area (Å²) in [6.45, 7) is 14.6. The number of nitrogens with one attached hydrogen (secondary N) is 3. The van der Waals surface area contributed by atoms with Crippen molar-refractivity contribution in [2.24, 2.45) is 17.8 Å². The van der Waals surface area contributed by atoms with Gasteiger partial charge in [0.1, 0.15) is 17.4 Å². The number of carbonyl (C=O) groups excluding carboxylic acids is 6. The van der Waals surface area contributed by atoms with Crippen molar-refractivity contribution < 1.29 is 28.8 Å². The molecule has 0 aliphatic carbocycles. The fraction of sp³-hybridized carbons (Fsp3) is 0.500. The zero-order valence-corrected chi connectivity index (χ0v) is 34.4. The predicted octanol–water partition coefficient (Wildman–Crippen LogP) is 5.35. The number of aromatic nitrogens is 3. The lowest BCUT2D eigenvalue weighted by Gasteiger charge is -2.35. The molecule has 0 bridgehead atoms. The van der Waals surface area contributed by atoms with Gasteiger partial charge in [0.2, 0.25) is 23.7 Å². The van der Waals surface area contributed by atoms with Crippen molar-refractivity contribution in [3.05, 3.63) is 65.6 Å². The molecule has 1 saturated heterocycles. The van der Waals surface area contributed by atoms with E-state index in [-0.39, 0.29) is 48.3 Å². The minimum Gasteiger partial charge on any atom is -0.344 e. The van der Waals surface area contributed by atoms with E-state index in [1.54, 1.807) is 68.7 Å². The van der Waals surface area contributed by atoms with Crippen molar-refractivity contribution in [1.29, 1.82) is 0 Å². The van der Waals surface area contributed by atoms with Crippen molar-refractivity contribution in [3.8, 4) is 0 Å². The highest BCUT2D eigenvalue weighted by atomic mass is 16.2. The SMILES string of the molecule is CC(=O)[C@H](CC(C)C)NC(=O)C(C)(C)NC(=O)[C@H]1CCCN1C(=O)[C@@H](CC(=O)c1ccc(C)c(N2Cc3cnc(Nc4cccnc4)nc3N(C)C2=O)c1)C(C)C. The van der Waals surface area contributed by atoms with Gasteiger partial charge >= 0.3 is 6.03 Å². The summed E-state index contributed by atoms with van der Waals surface area (Å²) in [5.41, 5.74) is 1.76. The second-order valence-corrected chi connectivity index (χ2v) is 16.4. The van der Waals surface area contributed by atoms with E-state index in [9.17, 15) is 28.8 Å². The number of nitrogens with zero attached hydrogens (tertiary/aromatic N) is 6. The second-order valence-electron chi connectivity index (χ2n) is 16.4. The number of pyridine rings is 1. The lowest BCUT2D eigenvalue weighted by molar-refractivity contribution is -0.144. The molecule has 0 saturated carbocycles. The maximum Gasteiger partial charge on any atom is 0.330 e. The fourth-order valence-electron chi connectivity index (χ4n) is 7.22. The molecule has 1 aromatic carbocycles. The van der Waals surface area contributed by atoms with Crippen LogP contribution < -0.4 is 25.8 Å². The van der Waals surface area contributed by atoms with Crippen LogP contribution in [0.15, 0.2) is 48.9 Å². The summed E-state index contributed by atoms with van der Waals surface area (Å²) in [5, 5.41) is 8.69. The first-order valence-corrected chi connectivity index (χ1v) is 19.5. The molecule has 3 N–H and O–H groups in total. The van der Waals surface area contributed by atoms with Gasteiger partial charge in [-0.3, -0.25) is 38.8 Å². The molecular weight excluding hydrogens is 727 g/mol. The van der Waals surface area contributed by atoms with Crippen molar-refractivity contribution in [2.75, 3.05) is 28.7 Å². The van der Waals surface area contributed by atoms with Gasteiger partial charge in [0.15, 0.2) is 11.6 Å². The highest BCUT2D eigenvalue weighted by molar-refractivity contribution is 6.07. The first-order valence-electron chi connectivity index (χ1n) is 19.5. The molecule has 2 aromatic heterocycles. The number of hydrogen-bond donors (Lipinski definition) is 3. The molecule has 4 heterocycles. The highest BCUT2D eigenvalue weighted by Gasteiger charge is 2.42. The van der Waals surface area contributed by atoms with Gasteiger partial charge < -0.3 is 20.9 Å². The summed E-state index contributed by atoms with van der Waals surface area (Å²) in [6.07, 6.45) is 6.34. The minimum absolute atomic E-state index is 0.0999.